The van der Waals surface area contributed by atoms with Crippen LogP contribution >= 0.6 is 7.82 Å². The molecule has 0 saturated carbocycles. The van der Waals surface area contributed by atoms with Crippen LogP contribution in [0.2, 0.25) is 0 Å². The summed E-state index contributed by atoms with van der Waals surface area (Å²) in [6.45, 7) is 4.14. The average Bonchev–Trinajstić information content (AvgIpc) is 3.94. The van der Waals surface area contributed by atoms with E-state index in [0.717, 1.165) is 77.0 Å². The quantitative estimate of drug-likeness (QED) is 0.0162. The Labute approximate surface area is 358 Å². The molecule has 0 amide bonds. The molecule has 1 N–H and O–H groups in total. The standard InChI is InChI=1S/C48H80NO9P/c1-6-8-10-11-12-13-14-15-16-17-18-19-20-21-22-23-27-30-34-38-47(50)54-42-44(43-56-59(52,53)55-41-40-49(3,4)5)57-48(51)39-35-31-28-25-24-26-29-33-37-46-45(58-46)36-32-9-7-2/h8,10,12-13,15-16,18-19,21-22,27,29-30,33,44-46H,6-7,9,11,14,17,20,23-26,28,31-32,34-43H2,1-5H3/p+1/b10-8-,13-12-,16-15-,19-18-,22-21-,30-27-,33-29-/t44-,45?,46?/m1/s1. The fourth-order valence-electron chi connectivity index (χ4n) is 5.75. The van der Waals surface area contributed by atoms with E-state index in [-0.39, 0.29) is 26.1 Å². The zero-order valence-corrected chi connectivity index (χ0v) is 38.3. The van der Waals surface area contributed by atoms with Crippen LogP contribution < -0.4 is 0 Å². The Morgan fingerprint density at radius 2 is 1.22 bits per heavy atom. The maximum atomic E-state index is 12.7. The summed E-state index contributed by atoms with van der Waals surface area (Å²) in [6.07, 6.45) is 48.2. The predicted molar refractivity (Wildman–Crippen MR) is 242 cm³/mol. The van der Waals surface area contributed by atoms with E-state index in [0.29, 0.717) is 36.1 Å². The van der Waals surface area contributed by atoms with Crippen molar-refractivity contribution in [2.45, 2.75) is 161 Å². The molecule has 0 radical (unpaired) electrons. The van der Waals surface area contributed by atoms with Gasteiger partial charge in [-0.25, -0.2) is 4.57 Å². The van der Waals surface area contributed by atoms with Crippen LogP contribution in [-0.4, -0.2) is 87.1 Å². The van der Waals surface area contributed by atoms with Gasteiger partial charge in [-0.05, 0) is 77.0 Å². The van der Waals surface area contributed by atoms with E-state index < -0.39 is 32.5 Å². The van der Waals surface area contributed by atoms with Crippen molar-refractivity contribution >= 4 is 19.8 Å². The van der Waals surface area contributed by atoms with E-state index in [1.54, 1.807) is 0 Å². The highest BCUT2D eigenvalue weighted by Gasteiger charge is 2.36. The lowest BCUT2D eigenvalue weighted by molar-refractivity contribution is -0.870. The number of esters is 2. The fourth-order valence-corrected chi connectivity index (χ4v) is 6.49. The van der Waals surface area contributed by atoms with Crippen molar-refractivity contribution < 1.29 is 46.8 Å². The molecule has 4 atom stereocenters. The number of nitrogens with zero attached hydrogens (tertiary/aromatic N) is 1. The third-order valence-corrected chi connectivity index (χ3v) is 10.3. The zero-order valence-electron chi connectivity index (χ0n) is 37.4. The molecule has 1 rings (SSSR count). The molecular formula is C48H81NO9P+. The molecule has 336 valence electrons. The van der Waals surface area contributed by atoms with Gasteiger partial charge in [-0.3, -0.25) is 18.6 Å². The first kappa shape index (κ1) is 54.2. The van der Waals surface area contributed by atoms with Crippen LogP contribution in [0.4, 0.5) is 0 Å². The lowest BCUT2D eigenvalue weighted by Gasteiger charge is -2.24. The van der Waals surface area contributed by atoms with Crippen molar-refractivity contribution in [3.05, 3.63) is 85.1 Å². The number of phosphoric acid groups is 1. The number of hydrogen-bond donors (Lipinski definition) is 1. The second kappa shape index (κ2) is 35.9. The van der Waals surface area contributed by atoms with Gasteiger partial charge in [-0.2, -0.15) is 0 Å². The number of allylic oxidation sites excluding steroid dienone is 13. The molecule has 0 aromatic rings. The number of epoxide rings is 1. The summed E-state index contributed by atoms with van der Waals surface area (Å²) < 4.78 is 40.0. The second-order valence-corrected chi connectivity index (χ2v) is 17.5. The van der Waals surface area contributed by atoms with Gasteiger partial charge in [0, 0.05) is 12.8 Å². The summed E-state index contributed by atoms with van der Waals surface area (Å²) in [5.41, 5.74) is 0. The van der Waals surface area contributed by atoms with Crippen LogP contribution in [0.1, 0.15) is 142 Å². The van der Waals surface area contributed by atoms with Gasteiger partial charge in [-0.15, -0.1) is 0 Å². The van der Waals surface area contributed by atoms with Crippen LogP contribution in [0.3, 0.4) is 0 Å². The highest BCUT2D eigenvalue weighted by molar-refractivity contribution is 7.47. The molecule has 10 nitrogen and oxygen atoms in total. The van der Waals surface area contributed by atoms with Gasteiger partial charge >= 0.3 is 19.8 Å². The smallest absolute Gasteiger partial charge is 0.462 e. The molecule has 11 heteroatoms. The molecule has 1 aliphatic heterocycles. The van der Waals surface area contributed by atoms with Gasteiger partial charge in [0.2, 0.25) is 0 Å². The lowest BCUT2D eigenvalue weighted by Crippen LogP contribution is -2.37. The number of ether oxygens (including phenoxy) is 3. The maximum absolute atomic E-state index is 12.7. The van der Waals surface area contributed by atoms with Crippen LogP contribution in [0, 0.1) is 0 Å². The van der Waals surface area contributed by atoms with Gasteiger partial charge in [-0.1, -0.05) is 137 Å². The molecule has 1 fully saturated rings. The average molecular weight is 847 g/mol. The van der Waals surface area contributed by atoms with Crippen molar-refractivity contribution in [2.24, 2.45) is 0 Å². The Morgan fingerprint density at radius 1 is 0.644 bits per heavy atom. The number of likely N-dealkylation sites (N-methyl/N-ethyl adjacent to an activating group) is 1. The molecule has 59 heavy (non-hydrogen) atoms. The molecule has 0 bridgehead atoms. The van der Waals surface area contributed by atoms with Crippen molar-refractivity contribution in [3.8, 4) is 0 Å². The predicted octanol–water partition coefficient (Wildman–Crippen LogP) is 11.8. The van der Waals surface area contributed by atoms with E-state index in [9.17, 15) is 19.0 Å². The molecule has 0 aromatic heterocycles. The molecular weight excluding hydrogens is 765 g/mol. The number of unbranched alkanes of at least 4 members (excludes halogenated alkanes) is 7. The molecule has 3 unspecified atom stereocenters. The Balaban J connectivity index is 2.34. The van der Waals surface area contributed by atoms with E-state index in [2.05, 4.69) is 86.8 Å². The number of rotatable bonds is 38. The number of quaternary nitrogens is 1. The summed E-state index contributed by atoms with van der Waals surface area (Å²) >= 11 is 0. The number of carbonyl (C=O) groups is 2. The number of phosphoric ester groups is 1. The minimum absolute atomic E-state index is 0.0106. The summed E-state index contributed by atoms with van der Waals surface area (Å²) in [6, 6.07) is 0. The van der Waals surface area contributed by atoms with Crippen molar-refractivity contribution in [3.63, 3.8) is 0 Å². The van der Waals surface area contributed by atoms with Gasteiger partial charge in [0.15, 0.2) is 6.10 Å². The first-order chi connectivity index (χ1) is 28.5. The first-order valence-corrected chi connectivity index (χ1v) is 23.9. The topological polar surface area (TPSA) is 121 Å². The molecule has 0 aromatic carbocycles. The van der Waals surface area contributed by atoms with Gasteiger partial charge in [0.05, 0.1) is 40.0 Å². The monoisotopic (exact) mass is 847 g/mol. The molecule has 1 saturated heterocycles. The van der Waals surface area contributed by atoms with Gasteiger partial charge in [0.25, 0.3) is 0 Å². The Morgan fingerprint density at radius 3 is 1.83 bits per heavy atom. The minimum Gasteiger partial charge on any atom is -0.462 e. The highest BCUT2D eigenvalue weighted by Crippen LogP contribution is 2.43. The minimum atomic E-state index is -4.41. The largest absolute Gasteiger partial charge is 0.472 e. The van der Waals surface area contributed by atoms with E-state index in [1.807, 2.05) is 33.3 Å². The van der Waals surface area contributed by atoms with E-state index in [1.165, 1.54) is 25.7 Å². The molecule has 1 aliphatic rings. The van der Waals surface area contributed by atoms with Crippen LogP contribution in [0.5, 0.6) is 0 Å². The van der Waals surface area contributed by atoms with Crippen molar-refractivity contribution in [1.82, 2.24) is 0 Å². The Kier molecular flexibility index (Phi) is 32.9. The molecule has 0 spiro atoms. The molecule has 0 aliphatic carbocycles. The van der Waals surface area contributed by atoms with Crippen LogP contribution in [-0.2, 0) is 37.4 Å². The summed E-state index contributed by atoms with van der Waals surface area (Å²) in [7, 11) is 1.41. The molecule has 1 heterocycles. The third-order valence-electron chi connectivity index (χ3n) is 9.35. The lowest BCUT2D eigenvalue weighted by atomic mass is 10.1. The van der Waals surface area contributed by atoms with E-state index in [4.69, 9.17) is 23.3 Å². The summed E-state index contributed by atoms with van der Waals surface area (Å²) in [5.74, 6) is -0.927. The first-order valence-electron chi connectivity index (χ1n) is 22.4. The number of carbonyl (C=O) groups excluding carboxylic acids is 2. The van der Waals surface area contributed by atoms with Gasteiger partial charge < -0.3 is 23.6 Å². The fraction of sp³-hybridized carbons (Fsp3) is 0.667. The van der Waals surface area contributed by atoms with Crippen molar-refractivity contribution in [2.75, 3.05) is 47.5 Å². The zero-order chi connectivity index (χ0) is 43.3. The number of hydrogen-bond acceptors (Lipinski definition) is 8. The SMILES string of the molecule is CC/C=C\C/C=C\C/C=C\C/C=C\C/C=C\C/C=C\CCC(=O)OC[C@H](COP(=O)(O)OCC[N+](C)(C)C)OC(=O)CCCCCCC/C=C\CC1OC1CCCCC. The Hall–Kier alpha value is -2.85. The maximum Gasteiger partial charge on any atom is 0.472 e. The normalized spacial score (nSPS) is 17.8. The second-order valence-electron chi connectivity index (χ2n) is 16.1. The Bertz CT molecular complexity index is 1340. The van der Waals surface area contributed by atoms with Gasteiger partial charge in [0.1, 0.15) is 19.8 Å². The third kappa shape index (κ3) is 36.7. The highest BCUT2D eigenvalue weighted by atomic mass is 31.2. The van der Waals surface area contributed by atoms with Crippen molar-refractivity contribution in [1.29, 1.82) is 0 Å². The summed E-state index contributed by atoms with van der Waals surface area (Å²) in [4.78, 5) is 35.4. The van der Waals surface area contributed by atoms with Crippen LogP contribution in [0.25, 0.3) is 0 Å². The summed E-state index contributed by atoms with van der Waals surface area (Å²) in [5, 5.41) is 0. The van der Waals surface area contributed by atoms with Crippen LogP contribution in [0.15, 0.2) is 85.1 Å². The van der Waals surface area contributed by atoms with E-state index >= 15 is 0 Å².